The summed E-state index contributed by atoms with van der Waals surface area (Å²) >= 11 is 0. The Labute approximate surface area is 38.3 Å². The number of rotatable bonds is 1. The second-order valence-electron chi connectivity index (χ2n) is 1.63. The summed E-state index contributed by atoms with van der Waals surface area (Å²) < 4.78 is 4.98. The summed E-state index contributed by atoms with van der Waals surface area (Å²) in [6.07, 6.45) is 2.87. The first kappa shape index (κ1) is 4.13. The molecule has 1 aliphatic heterocycles. The first-order valence-electron chi connectivity index (χ1n) is 2.34. The molecule has 0 aromatic rings. The van der Waals surface area contributed by atoms with Gasteiger partial charge in [-0.1, -0.05) is 6.92 Å². The third-order valence-electron chi connectivity index (χ3n) is 1.10. The van der Waals surface area contributed by atoms with E-state index in [9.17, 15) is 0 Å². The fourth-order valence-corrected chi connectivity index (χ4v) is 0.561. The third kappa shape index (κ3) is 0.548. The molecule has 1 unspecified atom stereocenters. The van der Waals surface area contributed by atoms with Crippen LogP contribution in [0.5, 0.6) is 0 Å². The summed E-state index contributed by atoms with van der Waals surface area (Å²) in [7, 11) is 0. The van der Waals surface area contributed by atoms with Crippen LogP contribution >= 0.6 is 0 Å². The van der Waals surface area contributed by atoms with Gasteiger partial charge in [-0.25, -0.2) is 0 Å². The first-order chi connectivity index (χ1) is 2.84. The summed E-state index contributed by atoms with van der Waals surface area (Å²) in [4.78, 5) is 0. The van der Waals surface area contributed by atoms with Crippen molar-refractivity contribution in [2.75, 3.05) is 0 Å². The molecule has 1 radical (unpaired) electrons. The van der Waals surface area contributed by atoms with Crippen LogP contribution in [0.3, 0.4) is 0 Å². The lowest BCUT2D eigenvalue weighted by Crippen LogP contribution is -1.76. The predicted molar refractivity (Wildman–Crippen MR) is 24.1 cm³/mol. The number of epoxide rings is 1. The highest BCUT2D eigenvalue weighted by Crippen LogP contribution is 2.31. The number of hydrogen-bond donors (Lipinski definition) is 0. The van der Waals surface area contributed by atoms with Crippen LogP contribution in [0, 0.1) is 6.10 Å². The van der Waals surface area contributed by atoms with Gasteiger partial charge in [0.15, 0.2) is 0 Å². The third-order valence-corrected chi connectivity index (χ3v) is 1.10. The van der Waals surface area contributed by atoms with E-state index in [1.807, 2.05) is 6.92 Å². The zero-order valence-corrected chi connectivity index (χ0v) is 4.19. The smallest absolute Gasteiger partial charge is 0.123 e. The largest absolute Gasteiger partial charge is 0.363 e. The van der Waals surface area contributed by atoms with Crippen LogP contribution in [0.25, 0.3) is 0 Å². The highest BCUT2D eigenvalue weighted by atomic mass is 16.6. The quantitative estimate of drug-likeness (QED) is 0.438. The Morgan fingerprint density at radius 3 is 2.33 bits per heavy atom. The summed E-state index contributed by atoms with van der Waals surface area (Å²) in [5.41, 5.74) is 0. The van der Waals surface area contributed by atoms with E-state index in [2.05, 4.69) is 6.92 Å². The van der Waals surface area contributed by atoms with Crippen molar-refractivity contribution >= 4 is 0 Å². The van der Waals surface area contributed by atoms with Crippen LogP contribution < -0.4 is 0 Å². The maximum atomic E-state index is 4.98. The van der Waals surface area contributed by atoms with Gasteiger partial charge in [-0.2, -0.15) is 0 Å². The minimum Gasteiger partial charge on any atom is -0.363 e. The molecule has 6 heavy (non-hydrogen) atoms. The Hall–Kier alpha value is -0.0400. The van der Waals surface area contributed by atoms with Crippen LogP contribution in [-0.4, -0.2) is 6.10 Å². The molecule has 1 nitrogen and oxygen atoms in total. The summed E-state index contributed by atoms with van der Waals surface area (Å²) in [6, 6.07) is 0. The number of hydrogen-bond acceptors (Lipinski definition) is 1. The van der Waals surface area contributed by atoms with E-state index in [0.29, 0.717) is 6.10 Å². The van der Waals surface area contributed by atoms with Crippen molar-refractivity contribution < 1.29 is 4.74 Å². The van der Waals surface area contributed by atoms with E-state index in [0.717, 1.165) is 6.42 Å². The molecule has 1 heterocycles. The molecular formula is C5H9O. The fraction of sp³-hybridized carbons (Fsp3) is 0.800. The molecule has 1 rings (SSSR count). The molecule has 1 fully saturated rings. The Kier molecular flexibility index (Phi) is 0.845. The zero-order valence-electron chi connectivity index (χ0n) is 4.19. The zero-order chi connectivity index (χ0) is 4.57. The lowest BCUT2D eigenvalue weighted by molar-refractivity contribution is 0.404. The molecule has 1 saturated heterocycles. The summed E-state index contributed by atoms with van der Waals surface area (Å²) in [5.74, 6) is 0. The molecular weight excluding hydrogens is 76.1 g/mol. The monoisotopic (exact) mass is 85.1 g/mol. The van der Waals surface area contributed by atoms with Gasteiger partial charge in [-0.15, -0.1) is 0 Å². The fourth-order valence-electron chi connectivity index (χ4n) is 0.561. The van der Waals surface area contributed by atoms with Crippen molar-refractivity contribution in [3.63, 3.8) is 0 Å². The molecule has 0 aromatic carbocycles. The number of ether oxygens (including phenoxy) is 1. The standard InChI is InChI=1S/C5H9O/c1-3-5-4(2)6-5/h5H,3H2,1-2H3. The Morgan fingerprint density at radius 2 is 2.33 bits per heavy atom. The van der Waals surface area contributed by atoms with Crippen LogP contribution in [0.1, 0.15) is 20.3 Å². The molecule has 0 amide bonds. The van der Waals surface area contributed by atoms with E-state index >= 15 is 0 Å². The summed E-state index contributed by atoms with van der Waals surface area (Å²) in [6.45, 7) is 4.15. The molecule has 0 spiro atoms. The molecule has 0 aliphatic carbocycles. The van der Waals surface area contributed by atoms with Crippen LogP contribution in [-0.2, 0) is 4.74 Å². The Balaban J connectivity index is 2.09. The van der Waals surface area contributed by atoms with Crippen LogP contribution in [0.15, 0.2) is 0 Å². The average molecular weight is 85.1 g/mol. The van der Waals surface area contributed by atoms with Gasteiger partial charge in [-0.3, -0.25) is 0 Å². The lowest BCUT2D eigenvalue weighted by Gasteiger charge is -1.71. The van der Waals surface area contributed by atoms with Gasteiger partial charge >= 0.3 is 0 Å². The maximum Gasteiger partial charge on any atom is 0.123 e. The van der Waals surface area contributed by atoms with Crippen molar-refractivity contribution in [2.45, 2.75) is 26.4 Å². The topological polar surface area (TPSA) is 12.5 Å². The van der Waals surface area contributed by atoms with Crippen LogP contribution in [0.2, 0.25) is 0 Å². The predicted octanol–water partition coefficient (Wildman–Crippen LogP) is 1.35. The van der Waals surface area contributed by atoms with Crippen molar-refractivity contribution in [1.29, 1.82) is 0 Å². The Morgan fingerprint density at radius 1 is 1.83 bits per heavy atom. The molecule has 0 bridgehead atoms. The van der Waals surface area contributed by atoms with Gasteiger partial charge in [-0.05, 0) is 13.3 Å². The van der Waals surface area contributed by atoms with Gasteiger partial charge < -0.3 is 4.74 Å². The normalized spacial score (nSPS) is 34.0. The van der Waals surface area contributed by atoms with Crippen molar-refractivity contribution in [3.8, 4) is 0 Å². The summed E-state index contributed by atoms with van der Waals surface area (Å²) in [5, 5.41) is 0. The molecule has 1 heteroatoms. The van der Waals surface area contributed by atoms with E-state index in [1.54, 1.807) is 0 Å². The highest BCUT2D eigenvalue weighted by Gasteiger charge is 2.32. The van der Waals surface area contributed by atoms with Crippen molar-refractivity contribution in [3.05, 3.63) is 6.10 Å². The average Bonchev–Trinajstić information content (AvgIpc) is 2.19. The first-order valence-corrected chi connectivity index (χ1v) is 2.34. The minimum atomic E-state index is 0.519. The minimum absolute atomic E-state index is 0.519. The Bertz CT molecular complexity index is 49.9. The molecule has 0 saturated carbocycles. The SMILES string of the molecule is CCC1O[C]1C. The van der Waals surface area contributed by atoms with Gasteiger partial charge in [0.05, 0.1) is 6.10 Å². The second kappa shape index (κ2) is 1.23. The molecule has 1 aliphatic rings. The lowest BCUT2D eigenvalue weighted by atomic mass is 10.3. The molecule has 0 N–H and O–H groups in total. The van der Waals surface area contributed by atoms with E-state index in [-0.39, 0.29) is 0 Å². The highest BCUT2D eigenvalue weighted by molar-refractivity contribution is 4.97. The molecule has 0 aromatic heterocycles. The van der Waals surface area contributed by atoms with Crippen molar-refractivity contribution in [1.82, 2.24) is 0 Å². The van der Waals surface area contributed by atoms with Gasteiger partial charge in [0.2, 0.25) is 0 Å². The maximum absolute atomic E-state index is 4.98. The van der Waals surface area contributed by atoms with E-state index in [4.69, 9.17) is 4.74 Å². The molecule has 35 valence electrons. The van der Waals surface area contributed by atoms with E-state index in [1.165, 1.54) is 6.10 Å². The molecule has 1 atom stereocenters. The second-order valence-corrected chi connectivity index (χ2v) is 1.63. The van der Waals surface area contributed by atoms with Gasteiger partial charge in [0.1, 0.15) is 6.10 Å². The van der Waals surface area contributed by atoms with Crippen LogP contribution in [0.4, 0.5) is 0 Å². The van der Waals surface area contributed by atoms with Crippen molar-refractivity contribution in [2.24, 2.45) is 0 Å². The van der Waals surface area contributed by atoms with Gasteiger partial charge in [0.25, 0.3) is 0 Å². The van der Waals surface area contributed by atoms with Gasteiger partial charge in [0, 0.05) is 0 Å². The van der Waals surface area contributed by atoms with E-state index < -0.39 is 0 Å².